The van der Waals surface area contributed by atoms with Crippen LogP contribution in [0.2, 0.25) is 0 Å². The van der Waals surface area contributed by atoms with Gasteiger partial charge in [0.05, 0.1) is 12.3 Å². The van der Waals surface area contributed by atoms with Gasteiger partial charge in [-0.2, -0.15) is 0 Å². The number of thiophene rings is 1. The van der Waals surface area contributed by atoms with Gasteiger partial charge in [-0.3, -0.25) is 4.90 Å². The number of nitrogens with zero attached hydrogens (tertiary/aromatic N) is 1. The summed E-state index contributed by atoms with van der Waals surface area (Å²) >= 11 is 7.50. The summed E-state index contributed by atoms with van der Waals surface area (Å²) in [6.07, 6.45) is 6.28. The van der Waals surface area contributed by atoms with E-state index < -0.39 is 0 Å². The first-order valence-corrected chi connectivity index (χ1v) is 11.6. The Kier molecular flexibility index (Phi) is 6.50. The minimum Gasteiger partial charge on any atom is -0.492 e. The molecular weight excluding hydrogens is 386 g/mol. The molecule has 28 heavy (non-hydrogen) atoms. The summed E-state index contributed by atoms with van der Waals surface area (Å²) < 4.78 is 5.70. The number of rotatable bonds is 6. The fraction of sp³-hybridized carbons (Fsp3) is 0.500. The Labute approximate surface area is 177 Å². The normalized spacial score (nSPS) is 24.5. The average molecular weight is 416 g/mol. The van der Waals surface area contributed by atoms with E-state index in [1.807, 2.05) is 42.5 Å². The predicted molar refractivity (Wildman–Crippen MR) is 121 cm³/mol. The molecule has 2 atom stereocenters. The van der Waals surface area contributed by atoms with Crippen molar-refractivity contribution in [1.82, 2.24) is 10.2 Å². The second-order valence-corrected chi connectivity index (χ2v) is 9.13. The Balaban J connectivity index is 1.35. The molecule has 0 spiro atoms. The number of para-hydroxylation sites is 2. The zero-order valence-electron chi connectivity index (χ0n) is 16.4. The third kappa shape index (κ3) is 4.67. The second-order valence-electron chi connectivity index (χ2n) is 7.69. The van der Waals surface area contributed by atoms with Gasteiger partial charge in [-0.05, 0) is 68.4 Å². The van der Waals surface area contributed by atoms with Crippen molar-refractivity contribution in [3.8, 4) is 5.75 Å². The molecule has 2 saturated heterocycles. The maximum absolute atomic E-state index is 5.70. The molecule has 4 rings (SSSR count). The molecule has 2 aliphatic rings. The van der Waals surface area contributed by atoms with Crippen LogP contribution in [0.4, 0.5) is 5.69 Å². The van der Waals surface area contributed by atoms with Crippen molar-refractivity contribution in [1.29, 1.82) is 0 Å². The number of nitrogens with one attached hydrogen (secondary N) is 2. The van der Waals surface area contributed by atoms with Crippen LogP contribution < -0.4 is 15.4 Å². The lowest BCUT2D eigenvalue weighted by Gasteiger charge is -2.49. The van der Waals surface area contributed by atoms with E-state index in [-0.39, 0.29) is 0 Å². The molecule has 0 amide bonds. The van der Waals surface area contributed by atoms with Crippen LogP contribution in [-0.2, 0) is 6.54 Å². The summed E-state index contributed by atoms with van der Waals surface area (Å²) in [5, 5.41) is 9.81. The lowest BCUT2D eigenvalue weighted by atomic mass is 9.81. The standard InChI is InChI=1S/C22H29N3OS2/c1-2-26-21-11-4-3-10-20(21)24-22(27)23-16-13-17-7-5-8-18(14-16)25(17)15-19-9-6-12-28-19/h3-4,6,9-12,16-18H,2,5,7-8,13-15H2,1H3,(H2,23,24,27). The molecule has 2 bridgehead atoms. The van der Waals surface area contributed by atoms with Crippen molar-refractivity contribution in [2.75, 3.05) is 11.9 Å². The Morgan fingerprint density at radius 3 is 2.68 bits per heavy atom. The Morgan fingerprint density at radius 1 is 1.18 bits per heavy atom. The smallest absolute Gasteiger partial charge is 0.171 e. The number of fused-ring (bicyclic) bond motifs is 2. The lowest BCUT2D eigenvalue weighted by molar-refractivity contribution is 0.0220. The first-order chi connectivity index (χ1) is 13.7. The first kappa shape index (κ1) is 19.7. The van der Waals surface area contributed by atoms with Crippen LogP contribution >= 0.6 is 23.6 Å². The molecule has 2 N–H and O–H groups in total. The van der Waals surface area contributed by atoms with E-state index in [1.165, 1.54) is 24.1 Å². The van der Waals surface area contributed by atoms with Crippen molar-refractivity contribution >= 4 is 34.4 Å². The van der Waals surface area contributed by atoms with Crippen molar-refractivity contribution in [3.05, 3.63) is 46.7 Å². The third-order valence-electron chi connectivity index (χ3n) is 5.81. The molecule has 3 heterocycles. The molecule has 1 aromatic carbocycles. The van der Waals surface area contributed by atoms with Crippen molar-refractivity contribution < 1.29 is 4.74 Å². The maximum Gasteiger partial charge on any atom is 0.171 e. The van der Waals surface area contributed by atoms with Gasteiger partial charge in [0.2, 0.25) is 0 Å². The largest absolute Gasteiger partial charge is 0.492 e. The highest BCUT2D eigenvalue weighted by atomic mass is 32.1. The topological polar surface area (TPSA) is 36.5 Å². The highest BCUT2D eigenvalue weighted by Crippen LogP contribution is 2.36. The minimum absolute atomic E-state index is 0.439. The van der Waals surface area contributed by atoms with Crippen molar-refractivity contribution in [2.45, 2.75) is 63.7 Å². The van der Waals surface area contributed by atoms with E-state index in [0.29, 0.717) is 29.8 Å². The Hall–Kier alpha value is -1.63. The van der Waals surface area contributed by atoms with Gasteiger partial charge in [0.25, 0.3) is 0 Å². The van der Waals surface area contributed by atoms with E-state index in [1.54, 1.807) is 0 Å². The van der Waals surface area contributed by atoms with Gasteiger partial charge in [-0.1, -0.05) is 24.6 Å². The third-order valence-corrected chi connectivity index (χ3v) is 6.90. The number of thiocarbonyl (C=S) groups is 1. The minimum atomic E-state index is 0.439. The van der Waals surface area contributed by atoms with Gasteiger partial charge in [-0.15, -0.1) is 11.3 Å². The van der Waals surface area contributed by atoms with E-state index in [9.17, 15) is 0 Å². The van der Waals surface area contributed by atoms with Crippen molar-refractivity contribution in [3.63, 3.8) is 0 Å². The number of hydrogen-bond acceptors (Lipinski definition) is 4. The molecule has 2 aliphatic heterocycles. The molecule has 1 aromatic heterocycles. The molecular formula is C22H29N3OS2. The van der Waals surface area contributed by atoms with Gasteiger partial charge in [0, 0.05) is 29.5 Å². The van der Waals surface area contributed by atoms with Crippen LogP contribution in [0.15, 0.2) is 41.8 Å². The SMILES string of the molecule is CCOc1ccccc1NC(=S)NC1CC2CCCC(C1)N2Cc1cccs1. The van der Waals surface area contributed by atoms with E-state index in [0.717, 1.165) is 30.8 Å². The molecule has 2 unspecified atom stereocenters. The van der Waals surface area contributed by atoms with E-state index >= 15 is 0 Å². The quantitative estimate of drug-likeness (QED) is 0.648. The fourth-order valence-electron chi connectivity index (χ4n) is 4.63. The summed E-state index contributed by atoms with van der Waals surface area (Å²) in [6, 6.07) is 14.1. The van der Waals surface area contributed by atoms with Gasteiger partial charge >= 0.3 is 0 Å². The van der Waals surface area contributed by atoms with Gasteiger partial charge < -0.3 is 15.4 Å². The number of ether oxygens (including phenoxy) is 1. The molecule has 0 saturated carbocycles. The molecule has 2 fully saturated rings. The van der Waals surface area contributed by atoms with Crippen LogP contribution in [0.1, 0.15) is 43.9 Å². The first-order valence-electron chi connectivity index (χ1n) is 10.3. The Bertz CT molecular complexity index is 766. The van der Waals surface area contributed by atoms with E-state index in [4.69, 9.17) is 17.0 Å². The Morgan fingerprint density at radius 2 is 1.96 bits per heavy atom. The average Bonchev–Trinajstić information content (AvgIpc) is 3.17. The molecule has 4 nitrogen and oxygen atoms in total. The number of benzene rings is 1. The summed E-state index contributed by atoms with van der Waals surface area (Å²) in [5.74, 6) is 0.844. The zero-order valence-corrected chi connectivity index (χ0v) is 18.0. The van der Waals surface area contributed by atoms with Crippen LogP contribution in [0, 0.1) is 0 Å². The predicted octanol–water partition coefficient (Wildman–Crippen LogP) is 5.02. The molecule has 150 valence electrons. The highest BCUT2D eigenvalue weighted by Gasteiger charge is 2.38. The fourth-order valence-corrected chi connectivity index (χ4v) is 5.62. The maximum atomic E-state index is 5.70. The summed E-state index contributed by atoms with van der Waals surface area (Å²) in [4.78, 5) is 4.22. The van der Waals surface area contributed by atoms with Crippen LogP contribution in [0.5, 0.6) is 5.75 Å². The van der Waals surface area contributed by atoms with Crippen LogP contribution in [0.3, 0.4) is 0 Å². The van der Waals surface area contributed by atoms with Gasteiger partial charge in [0.1, 0.15) is 5.75 Å². The number of hydrogen-bond donors (Lipinski definition) is 2. The van der Waals surface area contributed by atoms with Crippen molar-refractivity contribution in [2.24, 2.45) is 0 Å². The monoisotopic (exact) mass is 415 g/mol. The summed E-state index contributed by atoms with van der Waals surface area (Å²) in [6.45, 7) is 3.74. The number of piperidine rings is 2. The molecule has 0 radical (unpaired) electrons. The van der Waals surface area contributed by atoms with Gasteiger partial charge in [-0.25, -0.2) is 0 Å². The summed E-state index contributed by atoms with van der Waals surface area (Å²) in [7, 11) is 0. The van der Waals surface area contributed by atoms with Gasteiger partial charge in [0.15, 0.2) is 5.11 Å². The number of anilines is 1. The summed E-state index contributed by atoms with van der Waals surface area (Å²) in [5.41, 5.74) is 0.928. The lowest BCUT2D eigenvalue weighted by Crippen LogP contribution is -2.56. The second kappa shape index (κ2) is 9.25. The van der Waals surface area contributed by atoms with Crippen LogP contribution in [-0.4, -0.2) is 34.7 Å². The zero-order chi connectivity index (χ0) is 19.3. The molecule has 0 aliphatic carbocycles. The molecule has 2 aromatic rings. The molecule has 6 heteroatoms. The van der Waals surface area contributed by atoms with Crippen LogP contribution in [0.25, 0.3) is 0 Å². The van der Waals surface area contributed by atoms with E-state index in [2.05, 4.69) is 33.0 Å². The highest BCUT2D eigenvalue weighted by molar-refractivity contribution is 7.80.